The van der Waals surface area contributed by atoms with Crippen molar-refractivity contribution < 1.29 is 0 Å². The molecular weight excluding hydrogens is 891 g/mol. The van der Waals surface area contributed by atoms with E-state index in [-0.39, 0.29) is 0 Å². The van der Waals surface area contributed by atoms with Crippen LogP contribution in [0.15, 0.2) is 273 Å². The minimum atomic E-state index is -0.533. The molecule has 14 aromatic rings. The van der Waals surface area contributed by atoms with Crippen molar-refractivity contribution in [3.63, 3.8) is 0 Å². The molecule has 342 valence electrons. The van der Waals surface area contributed by atoms with Gasteiger partial charge in [-0.3, -0.25) is 0 Å². The van der Waals surface area contributed by atoms with Crippen LogP contribution in [0, 0.1) is 0 Å². The fraction of sp³-hybridized carbons (Fsp3) is 0.0137. The molecule has 0 amide bonds. The molecule has 0 heterocycles. The van der Waals surface area contributed by atoms with E-state index < -0.39 is 5.41 Å². The van der Waals surface area contributed by atoms with Gasteiger partial charge in [0.15, 0.2) is 0 Å². The molecule has 0 atom stereocenters. The molecule has 1 nitrogen and oxygen atoms in total. The number of nitrogens with zero attached hydrogens (tertiary/aromatic N) is 1. The summed E-state index contributed by atoms with van der Waals surface area (Å²) >= 11 is 0. The molecule has 2 aliphatic carbocycles. The third kappa shape index (κ3) is 5.75. The van der Waals surface area contributed by atoms with Gasteiger partial charge in [-0.15, -0.1) is 0 Å². The highest BCUT2D eigenvalue weighted by Crippen LogP contribution is 2.64. The van der Waals surface area contributed by atoms with Crippen molar-refractivity contribution in [1.29, 1.82) is 0 Å². The molecule has 0 unspecified atom stereocenters. The van der Waals surface area contributed by atoms with Gasteiger partial charge in [0.2, 0.25) is 0 Å². The topological polar surface area (TPSA) is 3.24 Å². The van der Waals surface area contributed by atoms with Crippen LogP contribution in [0.2, 0.25) is 0 Å². The Labute approximate surface area is 429 Å². The lowest BCUT2D eigenvalue weighted by molar-refractivity contribution is 0.794. The summed E-state index contributed by atoms with van der Waals surface area (Å²) < 4.78 is 0. The van der Waals surface area contributed by atoms with E-state index in [2.05, 4.69) is 278 Å². The number of benzene rings is 14. The average Bonchev–Trinajstić information content (AvgIpc) is 3.96. The minimum absolute atomic E-state index is 0.533. The van der Waals surface area contributed by atoms with Crippen LogP contribution in [0.3, 0.4) is 0 Å². The Hall–Kier alpha value is -9.56. The first-order valence-electron chi connectivity index (χ1n) is 25.8. The average molecular weight is 936 g/mol. The van der Waals surface area contributed by atoms with E-state index in [0.29, 0.717) is 0 Å². The summed E-state index contributed by atoms with van der Waals surface area (Å²) in [7, 11) is 0. The van der Waals surface area contributed by atoms with Crippen LogP contribution in [-0.4, -0.2) is 0 Å². The number of hydrogen-bond donors (Lipinski definition) is 0. The van der Waals surface area contributed by atoms with Crippen LogP contribution in [-0.2, 0) is 5.41 Å². The second kappa shape index (κ2) is 15.7. The third-order valence-corrected chi connectivity index (χ3v) is 16.6. The summed E-state index contributed by atoms with van der Waals surface area (Å²) in [4.78, 5) is 2.57. The number of fused-ring (bicyclic) bond motifs is 20. The first-order chi connectivity index (χ1) is 36.7. The van der Waals surface area contributed by atoms with E-state index in [1.165, 1.54) is 126 Å². The van der Waals surface area contributed by atoms with E-state index in [1.54, 1.807) is 0 Å². The zero-order chi connectivity index (χ0) is 48.5. The molecule has 0 bridgehead atoms. The lowest BCUT2D eigenvalue weighted by Crippen LogP contribution is -2.26. The fourth-order valence-electron chi connectivity index (χ4n) is 13.4. The molecular formula is C73H45N. The lowest BCUT2D eigenvalue weighted by atomic mass is 9.70. The van der Waals surface area contributed by atoms with Crippen molar-refractivity contribution in [2.24, 2.45) is 0 Å². The van der Waals surface area contributed by atoms with Crippen molar-refractivity contribution in [3.8, 4) is 44.5 Å². The van der Waals surface area contributed by atoms with E-state index >= 15 is 0 Å². The van der Waals surface area contributed by atoms with Gasteiger partial charge in [-0.05, 0) is 162 Å². The monoisotopic (exact) mass is 935 g/mol. The molecule has 0 saturated carbocycles. The number of anilines is 3. The van der Waals surface area contributed by atoms with Gasteiger partial charge in [-0.2, -0.15) is 0 Å². The molecule has 0 saturated heterocycles. The molecule has 0 aliphatic heterocycles. The van der Waals surface area contributed by atoms with Crippen LogP contribution in [0.5, 0.6) is 0 Å². The zero-order valence-corrected chi connectivity index (χ0v) is 40.4. The predicted molar refractivity (Wildman–Crippen MR) is 313 cm³/mol. The smallest absolute Gasteiger partial charge is 0.0726 e. The number of hydrogen-bond acceptors (Lipinski definition) is 1. The Kier molecular flexibility index (Phi) is 8.73. The summed E-state index contributed by atoms with van der Waals surface area (Å²) in [5.41, 5.74) is 18.0. The van der Waals surface area contributed by atoms with Crippen LogP contribution in [0.1, 0.15) is 22.3 Å². The van der Waals surface area contributed by atoms with Crippen LogP contribution in [0.25, 0.3) is 109 Å². The van der Waals surface area contributed by atoms with Gasteiger partial charge in [0.1, 0.15) is 0 Å². The maximum atomic E-state index is 2.58. The Morgan fingerprint density at radius 2 is 0.622 bits per heavy atom. The lowest BCUT2D eigenvalue weighted by Gasteiger charge is -2.33. The summed E-state index contributed by atoms with van der Waals surface area (Å²) in [5, 5.41) is 15.0. The Morgan fingerprint density at radius 3 is 1.24 bits per heavy atom. The van der Waals surface area contributed by atoms with Gasteiger partial charge < -0.3 is 4.90 Å². The van der Waals surface area contributed by atoms with Crippen LogP contribution < -0.4 is 4.90 Å². The molecule has 0 aromatic heterocycles. The maximum absolute atomic E-state index is 2.58. The Balaban J connectivity index is 1.03. The van der Waals surface area contributed by atoms with E-state index in [0.717, 1.165) is 22.6 Å². The second-order valence-electron chi connectivity index (χ2n) is 20.3. The van der Waals surface area contributed by atoms with Crippen LogP contribution in [0.4, 0.5) is 17.1 Å². The van der Waals surface area contributed by atoms with Crippen LogP contribution >= 0.6 is 0 Å². The Morgan fingerprint density at radius 1 is 0.216 bits per heavy atom. The Bertz CT molecular complexity index is 4590. The van der Waals surface area contributed by atoms with Gasteiger partial charge in [-0.25, -0.2) is 0 Å². The zero-order valence-electron chi connectivity index (χ0n) is 40.4. The van der Waals surface area contributed by atoms with Gasteiger partial charge in [0.25, 0.3) is 0 Å². The molecule has 16 rings (SSSR count). The first kappa shape index (κ1) is 41.1. The van der Waals surface area contributed by atoms with Crippen molar-refractivity contribution in [2.45, 2.75) is 5.41 Å². The van der Waals surface area contributed by atoms with Gasteiger partial charge in [0.05, 0.1) is 11.1 Å². The minimum Gasteiger partial charge on any atom is -0.310 e. The standard InChI is InChI=1S/C73H45N/c1-3-19-53-46(16-1)18-15-28-54(53)48-33-36-50(37-34-48)65-44-67-63-27-11-14-31-70(63)73(68-29-12-9-25-61(68)62-26-10-13-30-69(62)73)71(67)45-72(65)74(51-39-38-49-35-32-47-17-2-4-20-55(47)64(49)42-51)52-40-41-60-58-23-6-5-21-56(58)57-22-7-8-24-59(57)66(60)43-52/h1-45H. The molecule has 2 aliphatic rings. The SMILES string of the molecule is c1ccc2c(c1)-c1ccccc1C21c2ccccc2-c2cc(-c3ccc(-c4cccc5ccccc45)cc3)c(N(c3ccc4ccc5ccccc5c4c3)c3ccc4c5ccccc5c5ccccc5c4c3)cc21. The summed E-state index contributed by atoms with van der Waals surface area (Å²) in [6.07, 6.45) is 0. The quantitative estimate of drug-likeness (QED) is 0.155. The molecule has 14 aromatic carbocycles. The third-order valence-electron chi connectivity index (χ3n) is 16.6. The van der Waals surface area contributed by atoms with E-state index in [4.69, 9.17) is 0 Å². The van der Waals surface area contributed by atoms with Crippen molar-refractivity contribution in [2.75, 3.05) is 4.90 Å². The largest absolute Gasteiger partial charge is 0.310 e. The van der Waals surface area contributed by atoms with Gasteiger partial charge in [-0.1, -0.05) is 237 Å². The normalized spacial score (nSPS) is 13.0. The summed E-state index contributed by atoms with van der Waals surface area (Å²) in [5.74, 6) is 0. The molecule has 1 spiro atoms. The second-order valence-corrected chi connectivity index (χ2v) is 20.3. The predicted octanol–water partition coefficient (Wildman–Crippen LogP) is 19.8. The van der Waals surface area contributed by atoms with Crippen molar-refractivity contribution in [1.82, 2.24) is 0 Å². The van der Waals surface area contributed by atoms with Crippen molar-refractivity contribution in [3.05, 3.63) is 295 Å². The molecule has 1 heteroatoms. The molecule has 0 fully saturated rings. The summed E-state index contributed by atoms with van der Waals surface area (Å²) in [6, 6.07) is 103. The van der Waals surface area contributed by atoms with Gasteiger partial charge in [0, 0.05) is 16.9 Å². The molecule has 0 radical (unpaired) electrons. The summed E-state index contributed by atoms with van der Waals surface area (Å²) in [6.45, 7) is 0. The molecule has 74 heavy (non-hydrogen) atoms. The fourth-order valence-corrected chi connectivity index (χ4v) is 13.4. The highest BCUT2D eigenvalue weighted by molar-refractivity contribution is 6.26. The molecule has 0 N–H and O–H groups in total. The first-order valence-corrected chi connectivity index (χ1v) is 25.8. The van der Waals surface area contributed by atoms with Crippen molar-refractivity contribution >= 4 is 81.7 Å². The maximum Gasteiger partial charge on any atom is 0.0726 e. The number of rotatable bonds is 5. The highest BCUT2D eigenvalue weighted by atomic mass is 15.1. The van der Waals surface area contributed by atoms with Gasteiger partial charge >= 0.3 is 0 Å². The van der Waals surface area contributed by atoms with E-state index in [1.807, 2.05) is 0 Å². The highest BCUT2D eigenvalue weighted by Gasteiger charge is 2.52. The van der Waals surface area contributed by atoms with E-state index in [9.17, 15) is 0 Å².